The number of unbranched alkanes of at least 4 members (excludes halogenated alkanes) is 1. The summed E-state index contributed by atoms with van der Waals surface area (Å²) in [5, 5.41) is 20.0. The number of nitrogens with two attached hydrogens (primary N) is 2. The Bertz CT molecular complexity index is 1640. The largest absolute Gasteiger partial charge is 0.480 e. The van der Waals surface area contributed by atoms with Crippen LogP contribution < -0.4 is 27.4 Å². The molecule has 3 amide bonds. The van der Waals surface area contributed by atoms with Crippen molar-refractivity contribution in [3.8, 4) is 0 Å². The maximum atomic E-state index is 13.8. The molecule has 2 heterocycles. The molecule has 0 aliphatic rings. The molecule has 4 atom stereocenters. The lowest BCUT2D eigenvalue weighted by molar-refractivity contribution is -0.142. The molecule has 13 heteroatoms. The minimum absolute atomic E-state index is 0.0323. The Balaban J connectivity index is 1.57. The van der Waals surface area contributed by atoms with Gasteiger partial charge in [-0.1, -0.05) is 36.4 Å². The number of carbonyl (C=O) groups excluding carboxylic acids is 3. The van der Waals surface area contributed by atoms with Crippen molar-refractivity contribution in [3.05, 3.63) is 72.1 Å². The number of hydrogen-bond donors (Lipinski definition) is 8. The van der Waals surface area contributed by atoms with Gasteiger partial charge in [0.1, 0.15) is 18.1 Å². The number of rotatable bonds is 18. The molecule has 4 rings (SSSR count). The third-order valence-electron chi connectivity index (χ3n) is 8.00. The number of hydrogen-bond acceptors (Lipinski definition) is 7. The summed E-state index contributed by atoms with van der Waals surface area (Å²) < 4.78 is 0. The molecule has 4 aromatic rings. The molecule has 0 bridgehead atoms. The third-order valence-corrected chi connectivity index (χ3v) is 8.64. The molecule has 0 saturated carbocycles. The van der Waals surface area contributed by atoms with E-state index in [1.807, 2.05) is 54.8 Å². The quantitative estimate of drug-likeness (QED) is 0.0748. The van der Waals surface area contributed by atoms with E-state index in [1.54, 1.807) is 24.2 Å². The van der Waals surface area contributed by atoms with Crippen LogP contribution in [0, 0.1) is 0 Å². The van der Waals surface area contributed by atoms with Gasteiger partial charge in [-0.05, 0) is 67.5 Å². The third kappa shape index (κ3) is 9.12. The fourth-order valence-electron chi connectivity index (χ4n) is 5.41. The molecule has 0 aliphatic carbocycles. The molecule has 0 spiro atoms. The molecule has 4 unspecified atom stereocenters. The minimum atomic E-state index is -1.26. The van der Waals surface area contributed by atoms with Crippen LogP contribution >= 0.6 is 11.8 Å². The van der Waals surface area contributed by atoms with Crippen LogP contribution in [0.3, 0.4) is 0 Å². The van der Waals surface area contributed by atoms with E-state index >= 15 is 0 Å². The number of para-hydroxylation sites is 2. The number of aromatic nitrogens is 2. The van der Waals surface area contributed by atoms with E-state index in [4.69, 9.17) is 11.5 Å². The summed E-state index contributed by atoms with van der Waals surface area (Å²) in [5.41, 5.74) is 15.0. The highest BCUT2D eigenvalue weighted by Crippen LogP contribution is 2.21. The van der Waals surface area contributed by atoms with Crippen molar-refractivity contribution in [1.29, 1.82) is 0 Å². The summed E-state index contributed by atoms with van der Waals surface area (Å²) in [5.74, 6) is -2.19. The standard InChI is InChI=1S/C33H43N7O5S/c1-46-15-13-24(35)30(41)38-27(12-6-7-14-34)31(42)39-28(16-20-18-36-25-10-4-2-8-22(20)25)32(43)40-29(33(44)45)17-21-19-37-26-11-5-3-9-23(21)26/h2-5,8-11,18-19,24,27-29,36-37H,6-7,12-17,34-35H2,1H3,(H,38,41)(H,39,42)(H,40,43)(H,44,45). The number of carbonyl (C=O) groups is 4. The van der Waals surface area contributed by atoms with Gasteiger partial charge in [0.05, 0.1) is 6.04 Å². The second-order valence-electron chi connectivity index (χ2n) is 11.3. The normalized spacial score (nSPS) is 14.0. The number of amides is 3. The van der Waals surface area contributed by atoms with Crippen molar-refractivity contribution in [1.82, 2.24) is 25.9 Å². The van der Waals surface area contributed by atoms with E-state index in [9.17, 15) is 24.3 Å². The molecule has 46 heavy (non-hydrogen) atoms. The second kappa shape index (κ2) is 16.8. The highest BCUT2D eigenvalue weighted by atomic mass is 32.2. The number of aromatic amines is 2. The van der Waals surface area contributed by atoms with Crippen molar-refractivity contribution < 1.29 is 24.3 Å². The van der Waals surface area contributed by atoms with Crippen molar-refractivity contribution >= 4 is 57.3 Å². The fraction of sp³-hybridized carbons (Fsp3) is 0.394. The van der Waals surface area contributed by atoms with Gasteiger partial charge >= 0.3 is 5.97 Å². The lowest BCUT2D eigenvalue weighted by Gasteiger charge is -2.25. The zero-order chi connectivity index (χ0) is 33.1. The Labute approximate surface area is 271 Å². The van der Waals surface area contributed by atoms with Gasteiger partial charge < -0.3 is 42.5 Å². The topological polar surface area (TPSA) is 208 Å². The predicted octanol–water partition coefficient (Wildman–Crippen LogP) is 2.18. The molecule has 0 fully saturated rings. The van der Waals surface area contributed by atoms with Crippen molar-refractivity contribution in [2.75, 3.05) is 18.6 Å². The first-order valence-electron chi connectivity index (χ1n) is 15.4. The van der Waals surface area contributed by atoms with E-state index in [0.29, 0.717) is 38.0 Å². The van der Waals surface area contributed by atoms with Crippen LogP contribution in [0.2, 0.25) is 0 Å². The molecule has 246 valence electrons. The summed E-state index contributed by atoms with van der Waals surface area (Å²) >= 11 is 1.57. The van der Waals surface area contributed by atoms with E-state index in [1.165, 1.54) is 0 Å². The van der Waals surface area contributed by atoms with E-state index in [-0.39, 0.29) is 12.8 Å². The first-order chi connectivity index (χ1) is 22.2. The van der Waals surface area contributed by atoms with Crippen LogP contribution in [-0.2, 0) is 32.0 Å². The average molecular weight is 650 g/mol. The molecule has 2 aromatic carbocycles. The zero-order valence-corrected chi connectivity index (χ0v) is 26.7. The van der Waals surface area contributed by atoms with Gasteiger partial charge in [-0.2, -0.15) is 11.8 Å². The number of H-pyrrole nitrogens is 2. The van der Waals surface area contributed by atoms with E-state index < -0.39 is 47.9 Å². The Hall–Kier alpha value is -4.33. The number of aliphatic carboxylic acids is 1. The van der Waals surface area contributed by atoms with Crippen LogP contribution in [0.4, 0.5) is 0 Å². The highest BCUT2D eigenvalue weighted by Gasteiger charge is 2.31. The SMILES string of the molecule is CSCCC(N)C(=O)NC(CCCCN)C(=O)NC(Cc1c[nH]c2ccccc12)C(=O)NC(Cc1c[nH]c2ccccc12)C(=O)O. The summed E-state index contributed by atoms with van der Waals surface area (Å²) in [4.78, 5) is 59.1. The Morgan fingerprint density at radius 1 is 0.761 bits per heavy atom. The summed E-state index contributed by atoms with van der Waals surface area (Å²) in [7, 11) is 0. The van der Waals surface area contributed by atoms with E-state index in [2.05, 4.69) is 25.9 Å². The molecule has 12 nitrogen and oxygen atoms in total. The van der Waals surface area contributed by atoms with Crippen LogP contribution in [0.1, 0.15) is 36.8 Å². The monoisotopic (exact) mass is 649 g/mol. The number of thioether (sulfide) groups is 1. The van der Waals surface area contributed by atoms with Crippen LogP contribution in [0.25, 0.3) is 21.8 Å². The Kier molecular flexibility index (Phi) is 12.6. The fourth-order valence-corrected chi connectivity index (χ4v) is 5.90. The van der Waals surface area contributed by atoms with E-state index in [0.717, 1.165) is 32.9 Å². The van der Waals surface area contributed by atoms with Gasteiger partial charge in [0.25, 0.3) is 0 Å². The van der Waals surface area contributed by atoms with Crippen molar-refractivity contribution in [2.45, 2.75) is 62.7 Å². The molecule has 0 saturated heterocycles. The predicted molar refractivity (Wildman–Crippen MR) is 181 cm³/mol. The lowest BCUT2D eigenvalue weighted by atomic mass is 10.0. The summed E-state index contributed by atoms with van der Waals surface area (Å²) in [6, 6.07) is 10.9. The second-order valence-corrected chi connectivity index (χ2v) is 12.3. The summed E-state index contributed by atoms with van der Waals surface area (Å²) in [6.45, 7) is 0.425. The Morgan fingerprint density at radius 2 is 1.28 bits per heavy atom. The van der Waals surface area contributed by atoms with Gasteiger partial charge in [0, 0.05) is 47.0 Å². The van der Waals surface area contributed by atoms with Gasteiger partial charge in [-0.15, -0.1) is 0 Å². The maximum absolute atomic E-state index is 13.8. The Morgan fingerprint density at radius 3 is 1.85 bits per heavy atom. The van der Waals surface area contributed by atoms with Gasteiger partial charge in [-0.3, -0.25) is 14.4 Å². The molecular formula is C33H43N7O5S. The summed E-state index contributed by atoms with van der Waals surface area (Å²) in [6.07, 6.45) is 7.49. The van der Waals surface area contributed by atoms with Gasteiger partial charge in [0.15, 0.2) is 0 Å². The molecular weight excluding hydrogens is 606 g/mol. The smallest absolute Gasteiger partial charge is 0.326 e. The molecule has 0 radical (unpaired) electrons. The van der Waals surface area contributed by atoms with Crippen LogP contribution in [-0.4, -0.2) is 81.5 Å². The minimum Gasteiger partial charge on any atom is -0.480 e. The van der Waals surface area contributed by atoms with Crippen molar-refractivity contribution in [3.63, 3.8) is 0 Å². The number of carboxylic acid groups (broad SMARTS) is 1. The van der Waals surface area contributed by atoms with Crippen LogP contribution in [0.15, 0.2) is 60.9 Å². The molecule has 0 aliphatic heterocycles. The first kappa shape index (κ1) is 34.5. The molecule has 2 aromatic heterocycles. The van der Waals surface area contributed by atoms with Crippen molar-refractivity contribution in [2.24, 2.45) is 11.5 Å². The maximum Gasteiger partial charge on any atom is 0.326 e. The number of benzene rings is 2. The van der Waals surface area contributed by atoms with Crippen LogP contribution in [0.5, 0.6) is 0 Å². The highest BCUT2D eigenvalue weighted by molar-refractivity contribution is 7.98. The zero-order valence-electron chi connectivity index (χ0n) is 25.9. The first-order valence-corrected chi connectivity index (χ1v) is 16.8. The lowest BCUT2D eigenvalue weighted by Crippen LogP contribution is -2.57. The average Bonchev–Trinajstić information content (AvgIpc) is 3.66. The van der Waals surface area contributed by atoms with Gasteiger partial charge in [0.2, 0.25) is 17.7 Å². The number of fused-ring (bicyclic) bond motifs is 2. The molecule has 10 N–H and O–H groups in total. The number of nitrogens with one attached hydrogen (secondary N) is 5. The van der Waals surface area contributed by atoms with Gasteiger partial charge in [-0.25, -0.2) is 4.79 Å². The number of carboxylic acids is 1.